The molecule has 2 heterocycles. The van der Waals surface area contributed by atoms with E-state index in [2.05, 4.69) is 24.6 Å². The molecule has 0 unspecified atom stereocenters. The number of para-hydroxylation sites is 3. The van der Waals surface area contributed by atoms with Gasteiger partial charge in [0.15, 0.2) is 16.3 Å². The molecule has 4 rings (SSSR count). The zero-order valence-electron chi connectivity index (χ0n) is 14.3. The molecule has 0 radical (unpaired) electrons. The van der Waals surface area contributed by atoms with Gasteiger partial charge in [-0.25, -0.2) is 0 Å². The van der Waals surface area contributed by atoms with E-state index >= 15 is 0 Å². The van der Waals surface area contributed by atoms with Crippen LogP contribution in [0, 0.1) is 6.92 Å². The van der Waals surface area contributed by atoms with Gasteiger partial charge in [-0.15, -0.1) is 6.58 Å². The Bertz CT molecular complexity index is 1060. The number of amides is 1. The third kappa shape index (κ3) is 2.93. The summed E-state index contributed by atoms with van der Waals surface area (Å²) >= 11 is 1.49. The lowest BCUT2D eigenvalue weighted by Crippen LogP contribution is -2.36. The van der Waals surface area contributed by atoms with Crippen LogP contribution in [-0.4, -0.2) is 23.2 Å². The van der Waals surface area contributed by atoms with E-state index in [9.17, 15) is 4.79 Å². The Labute approximate surface area is 154 Å². The fourth-order valence-electron chi connectivity index (χ4n) is 3.00. The fourth-order valence-corrected chi connectivity index (χ4v) is 4.12. The second-order valence-electron chi connectivity index (χ2n) is 6.02. The molecule has 0 aliphatic carbocycles. The number of hydrogen-bond acceptors (Lipinski definition) is 4. The standard InChI is InChI=1S/C20H18N2O3S/c1-3-11-22-18-13(2)7-6-10-17(18)26-20(22)21-19(23)16-12-24-14-8-4-5-9-15(14)25-16/h3-10,16H,1,11-12H2,2H3/t16-/m0/s1. The highest BCUT2D eigenvalue weighted by atomic mass is 32.1. The summed E-state index contributed by atoms with van der Waals surface area (Å²) in [5.41, 5.74) is 2.22. The molecule has 1 aliphatic rings. The van der Waals surface area contributed by atoms with Gasteiger partial charge in [-0.2, -0.15) is 4.99 Å². The van der Waals surface area contributed by atoms with Crippen LogP contribution in [-0.2, 0) is 11.3 Å². The molecular formula is C20H18N2O3S. The number of aryl methyl sites for hydroxylation is 1. The predicted molar refractivity (Wildman–Crippen MR) is 102 cm³/mol. The fraction of sp³-hybridized carbons (Fsp3) is 0.200. The van der Waals surface area contributed by atoms with E-state index in [0.29, 0.717) is 22.8 Å². The summed E-state index contributed by atoms with van der Waals surface area (Å²) in [6, 6.07) is 13.4. The maximum Gasteiger partial charge on any atom is 0.292 e. The minimum absolute atomic E-state index is 0.157. The Morgan fingerprint density at radius 3 is 2.92 bits per heavy atom. The van der Waals surface area contributed by atoms with Crippen molar-refractivity contribution in [2.75, 3.05) is 6.61 Å². The quantitative estimate of drug-likeness (QED) is 0.667. The highest BCUT2D eigenvalue weighted by molar-refractivity contribution is 7.16. The zero-order chi connectivity index (χ0) is 18.1. The van der Waals surface area contributed by atoms with Crippen molar-refractivity contribution in [1.82, 2.24) is 4.57 Å². The first-order chi connectivity index (χ1) is 12.7. The van der Waals surface area contributed by atoms with Crippen LogP contribution < -0.4 is 14.3 Å². The van der Waals surface area contributed by atoms with Crippen LogP contribution in [0.3, 0.4) is 0 Å². The van der Waals surface area contributed by atoms with E-state index in [1.165, 1.54) is 11.3 Å². The molecule has 0 spiro atoms. The first-order valence-corrected chi connectivity index (χ1v) is 9.16. The molecule has 6 heteroatoms. The van der Waals surface area contributed by atoms with Gasteiger partial charge < -0.3 is 14.0 Å². The van der Waals surface area contributed by atoms with E-state index < -0.39 is 6.10 Å². The number of carbonyl (C=O) groups is 1. The Hall–Kier alpha value is -2.86. The van der Waals surface area contributed by atoms with Crippen LogP contribution in [0.15, 0.2) is 60.1 Å². The van der Waals surface area contributed by atoms with Crippen molar-refractivity contribution >= 4 is 27.5 Å². The Morgan fingerprint density at radius 2 is 2.12 bits per heavy atom. The second-order valence-corrected chi connectivity index (χ2v) is 7.03. The number of ether oxygens (including phenoxy) is 2. The maximum absolute atomic E-state index is 12.7. The molecule has 2 aromatic carbocycles. The van der Waals surface area contributed by atoms with Crippen molar-refractivity contribution in [3.8, 4) is 11.5 Å². The molecule has 0 N–H and O–H groups in total. The first-order valence-electron chi connectivity index (χ1n) is 8.34. The zero-order valence-corrected chi connectivity index (χ0v) is 15.2. The van der Waals surface area contributed by atoms with Gasteiger partial charge in [0.25, 0.3) is 5.91 Å². The Balaban J connectivity index is 1.72. The van der Waals surface area contributed by atoms with Crippen LogP contribution in [0.4, 0.5) is 0 Å². The lowest BCUT2D eigenvalue weighted by molar-refractivity contribution is -0.127. The van der Waals surface area contributed by atoms with Crippen molar-refractivity contribution in [1.29, 1.82) is 0 Å². The predicted octanol–water partition coefficient (Wildman–Crippen LogP) is 3.46. The lowest BCUT2D eigenvalue weighted by atomic mass is 10.2. The third-order valence-electron chi connectivity index (χ3n) is 4.20. The van der Waals surface area contributed by atoms with Crippen molar-refractivity contribution < 1.29 is 14.3 Å². The first kappa shape index (κ1) is 16.6. The molecule has 1 amide bonds. The molecule has 0 saturated heterocycles. The number of aromatic nitrogens is 1. The largest absolute Gasteiger partial charge is 0.485 e. The highest BCUT2D eigenvalue weighted by Crippen LogP contribution is 2.31. The normalized spacial score (nSPS) is 16.7. The molecule has 26 heavy (non-hydrogen) atoms. The second kappa shape index (κ2) is 6.80. The van der Waals surface area contributed by atoms with Gasteiger partial charge in [0.1, 0.15) is 6.61 Å². The molecule has 0 bridgehead atoms. The average molecular weight is 366 g/mol. The van der Waals surface area contributed by atoms with Crippen molar-refractivity contribution in [3.05, 3.63) is 65.5 Å². The SMILES string of the molecule is C=CCn1c(=NC(=O)[C@@H]2COc3ccccc3O2)sc2cccc(C)c21. The molecule has 1 aliphatic heterocycles. The topological polar surface area (TPSA) is 52.8 Å². The van der Waals surface area contributed by atoms with E-state index in [1.807, 2.05) is 34.9 Å². The Kier molecular flexibility index (Phi) is 4.34. The van der Waals surface area contributed by atoms with Gasteiger partial charge in [-0.3, -0.25) is 4.79 Å². The monoisotopic (exact) mass is 366 g/mol. The number of rotatable bonds is 3. The third-order valence-corrected chi connectivity index (χ3v) is 5.25. The van der Waals surface area contributed by atoms with Crippen molar-refractivity contribution in [2.45, 2.75) is 19.6 Å². The number of carbonyl (C=O) groups excluding carboxylic acids is 1. The van der Waals surface area contributed by atoms with Crippen LogP contribution in [0.25, 0.3) is 10.2 Å². The van der Waals surface area contributed by atoms with E-state index in [0.717, 1.165) is 15.8 Å². The number of benzene rings is 2. The van der Waals surface area contributed by atoms with Crippen LogP contribution >= 0.6 is 11.3 Å². The van der Waals surface area contributed by atoms with Crippen LogP contribution in [0.1, 0.15) is 5.56 Å². The number of nitrogens with zero attached hydrogens (tertiary/aromatic N) is 2. The summed E-state index contributed by atoms with van der Waals surface area (Å²) in [5.74, 6) is 0.871. The molecule has 132 valence electrons. The summed E-state index contributed by atoms with van der Waals surface area (Å²) in [4.78, 5) is 17.7. The van der Waals surface area contributed by atoms with Crippen LogP contribution in [0.2, 0.25) is 0 Å². The van der Waals surface area contributed by atoms with E-state index in [1.54, 1.807) is 12.1 Å². The summed E-state index contributed by atoms with van der Waals surface area (Å²) in [6.07, 6.45) is 1.06. The average Bonchev–Trinajstić information content (AvgIpc) is 3.00. The van der Waals surface area contributed by atoms with Gasteiger partial charge in [-0.05, 0) is 30.7 Å². The van der Waals surface area contributed by atoms with Gasteiger partial charge >= 0.3 is 0 Å². The number of hydrogen-bond donors (Lipinski definition) is 0. The lowest BCUT2D eigenvalue weighted by Gasteiger charge is -2.23. The molecule has 0 saturated carbocycles. The van der Waals surface area contributed by atoms with Gasteiger partial charge in [0.05, 0.1) is 10.2 Å². The molecule has 1 aromatic heterocycles. The van der Waals surface area contributed by atoms with Gasteiger partial charge in [0.2, 0.25) is 6.10 Å². The number of allylic oxidation sites excluding steroid dienone is 1. The summed E-state index contributed by atoms with van der Waals surface area (Å²) in [6.45, 7) is 6.61. The van der Waals surface area contributed by atoms with E-state index in [4.69, 9.17) is 9.47 Å². The minimum atomic E-state index is -0.742. The van der Waals surface area contributed by atoms with Gasteiger partial charge in [0, 0.05) is 6.54 Å². The smallest absolute Gasteiger partial charge is 0.292 e. The van der Waals surface area contributed by atoms with Crippen molar-refractivity contribution in [3.63, 3.8) is 0 Å². The molecule has 3 aromatic rings. The number of fused-ring (bicyclic) bond motifs is 2. The molecule has 0 fully saturated rings. The Morgan fingerprint density at radius 1 is 1.31 bits per heavy atom. The van der Waals surface area contributed by atoms with Crippen LogP contribution in [0.5, 0.6) is 11.5 Å². The van der Waals surface area contributed by atoms with Crippen molar-refractivity contribution in [2.24, 2.45) is 4.99 Å². The van der Waals surface area contributed by atoms with E-state index in [-0.39, 0.29) is 12.5 Å². The summed E-state index contributed by atoms with van der Waals surface area (Å²) < 4.78 is 14.5. The maximum atomic E-state index is 12.7. The van der Waals surface area contributed by atoms with Gasteiger partial charge in [-0.1, -0.05) is 41.7 Å². The summed E-state index contributed by atoms with van der Waals surface area (Å²) in [5, 5.41) is 0. The highest BCUT2D eigenvalue weighted by Gasteiger charge is 2.27. The molecular weight excluding hydrogens is 348 g/mol. The number of thiazole rings is 1. The minimum Gasteiger partial charge on any atom is -0.485 e. The molecule has 1 atom stereocenters. The molecule has 5 nitrogen and oxygen atoms in total. The summed E-state index contributed by atoms with van der Waals surface area (Å²) in [7, 11) is 0.